The Hall–Kier alpha value is -0.450. The van der Waals surface area contributed by atoms with Gasteiger partial charge >= 0.3 is 0 Å². The van der Waals surface area contributed by atoms with Crippen LogP contribution in [0.5, 0.6) is 0 Å². The minimum Gasteiger partial charge on any atom is -0.394 e. The SMILES string of the molecule is Cc1ncsc1C(C)NC(C)(CO)C1CC1. The van der Waals surface area contributed by atoms with Gasteiger partial charge in [-0.25, -0.2) is 4.98 Å². The third-order valence-electron chi connectivity index (χ3n) is 3.53. The van der Waals surface area contributed by atoms with Gasteiger partial charge in [-0.05, 0) is 39.5 Å². The van der Waals surface area contributed by atoms with Crippen LogP contribution < -0.4 is 5.32 Å². The first-order chi connectivity index (χ1) is 7.57. The molecule has 0 bridgehead atoms. The van der Waals surface area contributed by atoms with Gasteiger partial charge in [-0.1, -0.05) is 0 Å². The Morgan fingerprint density at radius 2 is 2.38 bits per heavy atom. The van der Waals surface area contributed by atoms with E-state index in [-0.39, 0.29) is 18.2 Å². The fourth-order valence-electron chi connectivity index (χ4n) is 2.30. The van der Waals surface area contributed by atoms with Gasteiger partial charge in [0.25, 0.3) is 0 Å². The van der Waals surface area contributed by atoms with Crippen molar-refractivity contribution < 1.29 is 5.11 Å². The van der Waals surface area contributed by atoms with Crippen molar-refractivity contribution in [3.8, 4) is 0 Å². The van der Waals surface area contributed by atoms with Crippen LogP contribution in [0.2, 0.25) is 0 Å². The van der Waals surface area contributed by atoms with E-state index < -0.39 is 0 Å². The highest BCUT2D eigenvalue weighted by Crippen LogP contribution is 2.40. The number of hydrogen-bond acceptors (Lipinski definition) is 4. The zero-order valence-electron chi connectivity index (χ0n) is 10.2. The summed E-state index contributed by atoms with van der Waals surface area (Å²) in [7, 11) is 0. The minimum atomic E-state index is -0.129. The summed E-state index contributed by atoms with van der Waals surface area (Å²) in [5.41, 5.74) is 2.85. The molecule has 90 valence electrons. The first-order valence-electron chi connectivity index (χ1n) is 5.85. The smallest absolute Gasteiger partial charge is 0.0798 e. The standard InChI is InChI=1S/C12H20N2OS/c1-8-11(16-7-13-8)9(2)14-12(3,6-15)10-4-5-10/h7,9-10,14-15H,4-6H2,1-3H3. The molecule has 1 fully saturated rings. The molecule has 0 saturated heterocycles. The molecule has 0 spiro atoms. The van der Waals surface area contributed by atoms with Crippen LogP contribution in [0.1, 0.15) is 43.3 Å². The molecule has 2 unspecified atom stereocenters. The van der Waals surface area contributed by atoms with E-state index in [1.54, 1.807) is 11.3 Å². The topological polar surface area (TPSA) is 45.2 Å². The van der Waals surface area contributed by atoms with Crippen molar-refractivity contribution in [1.82, 2.24) is 10.3 Å². The molecule has 1 aromatic heterocycles. The van der Waals surface area contributed by atoms with Gasteiger partial charge in [-0.3, -0.25) is 0 Å². The van der Waals surface area contributed by atoms with Crippen LogP contribution in [0.4, 0.5) is 0 Å². The highest BCUT2D eigenvalue weighted by atomic mass is 32.1. The third-order valence-corrected chi connectivity index (χ3v) is 4.64. The van der Waals surface area contributed by atoms with Gasteiger partial charge in [0.05, 0.1) is 17.8 Å². The van der Waals surface area contributed by atoms with Crippen LogP contribution in [-0.2, 0) is 0 Å². The zero-order chi connectivity index (χ0) is 11.8. The summed E-state index contributed by atoms with van der Waals surface area (Å²) in [5.74, 6) is 0.633. The molecule has 3 nitrogen and oxygen atoms in total. The molecule has 16 heavy (non-hydrogen) atoms. The number of rotatable bonds is 5. The van der Waals surface area contributed by atoms with Crippen molar-refractivity contribution in [2.45, 2.75) is 45.2 Å². The average Bonchev–Trinajstić information content (AvgIpc) is 3.02. The van der Waals surface area contributed by atoms with E-state index in [4.69, 9.17) is 0 Å². The maximum atomic E-state index is 9.54. The largest absolute Gasteiger partial charge is 0.394 e. The van der Waals surface area contributed by atoms with Crippen molar-refractivity contribution >= 4 is 11.3 Å². The lowest BCUT2D eigenvalue weighted by molar-refractivity contribution is 0.144. The molecule has 0 amide bonds. The Balaban J connectivity index is 2.06. The van der Waals surface area contributed by atoms with Crippen LogP contribution in [0.15, 0.2) is 5.51 Å². The number of thiazole rings is 1. The van der Waals surface area contributed by atoms with Gasteiger partial charge in [-0.15, -0.1) is 11.3 Å². The van der Waals surface area contributed by atoms with Crippen LogP contribution in [0.3, 0.4) is 0 Å². The Kier molecular flexibility index (Phi) is 3.33. The highest BCUT2D eigenvalue weighted by molar-refractivity contribution is 7.09. The predicted octanol–water partition coefficient (Wildman–Crippen LogP) is 2.26. The minimum absolute atomic E-state index is 0.129. The summed E-state index contributed by atoms with van der Waals surface area (Å²) in [6.07, 6.45) is 2.47. The predicted molar refractivity (Wildman–Crippen MR) is 66.6 cm³/mol. The van der Waals surface area contributed by atoms with Gasteiger partial charge in [0.2, 0.25) is 0 Å². The number of aliphatic hydroxyl groups is 1. The van der Waals surface area contributed by atoms with Crippen molar-refractivity contribution in [2.75, 3.05) is 6.61 Å². The van der Waals surface area contributed by atoms with E-state index >= 15 is 0 Å². The zero-order valence-corrected chi connectivity index (χ0v) is 11.0. The second kappa shape index (κ2) is 4.43. The average molecular weight is 240 g/mol. The lowest BCUT2D eigenvalue weighted by Crippen LogP contribution is -2.48. The maximum absolute atomic E-state index is 9.54. The normalized spacial score (nSPS) is 21.8. The Bertz CT molecular complexity index is 362. The molecule has 2 atom stereocenters. The number of nitrogens with zero attached hydrogens (tertiary/aromatic N) is 1. The quantitative estimate of drug-likeness (QED) is 0.830. The molecule has 0 aromatic carbocycles. The van der Waals surface area contributed by atoms with Crippen LogP contribution >= 0.6 is 11.3 Å². The van der Waals surface area contributed by atoms with Crippen LogP contribution in [0.25, 0.3) is 0 Å². The number of aliphatic hydroxyl groups excluding tert-OH is 1. The molecule has 1 heterocycles. The molecule has 1 aliphatic carbocycles. The van der Waals surface area contributed by atoms with Crippen molar-refractivity contribution in [3.05, 3.63) is 16.1 Å². The van der Waals surface area contributed by atoms with E-state index in [9.17, 15) is 5.11 Å². The van der Waals surface area contributed by atoms with E-state index in [1.807, 2.05) is 12.4 Å². The summed E-state index contributed by atoms with van der Waals surface area (Å²) in [4.78, 5) is 5.55. The Morgan fingerprint density at radius 1 is 1.69 bits per heavy atom. The van der Waals surface area contributed by atoms with Crippen molar-refractivity contribution in [3.63, 3.8) is 0 Å². The van der Waals surface area contributed by atoms with E-state index in [2.05, 4.69) is 24.1 Å². The van der Waals surface area contributed by atoms with E-state index in [1.165, 1.54) is 17.7 Å². The van der Waals surface area contributed by atoms with Crippen LogP contribution in [-0.4, -0.2) is 22.2 Å². The summed E-state index contributed by atoms with van der Waals surface area (Å²) >= 11 is 1.69. The molecule has 1 aromatic rings. The lowest BCUT2D eigenvalue weighted by atomic mass is 9.95. The number of hydrogen-bond donors (Lipinski definition) is 2. The first kappa shape index (κ1) is 12.0. The second-order valence-corrected chi connectivity index (χ2v) is 5.90. The first-order valence-corrected chi connectivity index (χ1v) is 6.73. The number of aryl methyl sites for hydroxylation is 1. The Labute approximate surface area is 101 Å². The second-order valence-electron chi connectivity index (χ2n) is 5.02. The monoisotopic (exact) mass is 240 g/mol. The molecule has 2 rings (SSSR count). The molecular formula is C12H20N2OS. The molecule has 0 radical (unpaired) electrons. The van der Waals surface area contributed by atoms with Crippen molar-refractivity contribution in [2.24, 2.45) is 5.92 Å². The highest BCUT2D eigenvalue weighted by Gasteiger charge is 2.41. The molecular weight excluding hydrogens is 220 g/mol. The van der Waals surface area contributed by atoms with Gasteiger partial charge in [0.15, 0.2) is 0 Å². The van der Waals surface area contributed by atoms with Gasteiger partial charge in [-0.2, -0.15) is 0 Å². The number of nitrogens with one attached hydrogen (secondary N) is 1. The summed E-state index contributed by atoms with van der Waals surface area (Å²) in [5, 5.41) is 13.1. The summed E-state index contributed by atoms with van der Waals surface area (Å²) in [6, 6.07) is 0.269. The van der Waals surface area contributed by atoms with Gasteiger partial charge < -0.3 is 10.4 Å². The molecule has 1 aliphatic rings. The van der Waals surface area contributed by atoms with E-state index in [0.29, 0.717) is 5.92 Å². The molecule has 1 saturated carbocycles. The van der Waals surface area contributed by atoms with E-state index in [0.717, 1.165) is 5.69 Å². The fourth-order valence-corrected chi connectivity index (χ4v) is 3.11. The number of aromatic nitrogens is 1. The molecule has 0 aliphatic heterocycles. The van der Waals surface area contributed by atoms with Gasteiger partial charge in [0.1, 0.15) is 0 Å². The fraction of sp³-hybridized carbons (Fsp3) is 0.750. The van der Waals surface area contributed by atoms with Crippen molar-refractivity contribution in [1.29, 1.82) is 0 Å². The molecule has 2 N–H and O–H groups in total. The van der Waals surface area contributed by atoms with Gasteiger partial charge in [0, 0.05) is 16.5 Å². The lowest BCUT2D eigenvalue weighted by Gasteiger charge is -2.32. The maximum Gasteiger partial charge on any atom is 0.0798 e. The Morgan fingerprint density at radius 3 is 2.81 bits per heavy atom. The summed E-state index contributed by atoms with van der Waals surface area (Å²) < 4.78 is 0. The third kappa shape index (κ3) is 2.29. The van der Waals surface area contributed by atoms with Crippen LogP contribution in [0, 0.1) is 12.8 Å². The molecule has 4 heteroatoms. The summed E-state index contributed by atoms with van der Waals surface area (Å²) in [6.45, 7) is 6.52.